The van der Waals surface area contributed by atoms with E-state index >= 15 is 0 Å². The summed E-state index contributed by atoms with van der Waals surface area (Å²) in [5.41, 5.74) is 21.3. The number of furan rings is 1. The van der Waals surface area contributed by atoms with Crippen molar-refractivity contribution in [2.75, 3.05) is 9.71 Å². The van der Waals surface area contributed by atoms with Gasteiger partial charge in [-0.1, -0.05) is 178 Å². The molecule has 3 heterocycles. The third kappa shape index (κ3) is 6.49. The molecule has 0 saturated carbocycles. The first-order valence-electron chi connectivity index (χ1n) is 22.9. The van der Waals surface area contributed by atoms with Crippen LogP contribution in [0.25, 0.3) is 55.3 Å². The molecule has 314 valence electrons. The summed E-state index contributed by atoms with van der Waals surface area (Å²) in [5, 5.41) is 2.26. The maximum absolute atomic E-state index is 6.78. The van der Waals surface area contributed by atoms with Crippen molar-refractivity contribution in [2.24, 2.45) is 0 Å². The zero-order chi connectivity index (χ0) is 44.3. The zero-order valence-corrected chi connectivity index (χ0v) is 38.5. The molecule has 0 aliphatic carbocycles. The van der Waals surface area contributed by atoms with Gasteiger partial charge in [0, 0.05) is 50.7 Å². The summed E-state index contributed by atoms with van der Waals surface area (Å²) in [5.74, 6) is 0. The van der Waals surface area contributed by atoms with E-state index in [9.17, 15) is 0 Å². The number of anilines is 5. The monoisotopic (exact) mass is 830 g/mol. The van der Waals surface area contributed by atoms with Gasteiger partial charge in [0.2, 0.25) is 0 Å². The second kappa shape index (κ2) is 14.4. The van der Waals surface area contributed by atoms with Crippen molar-refractivity contribution < 1.29 is 4.42 Å². The van der Waals surface area contributed by atoms with Gasteiger partial charge < -0.3 is 14.1 Å². The molecule has 0 radical (unpaired) electrons. The number of hydrogen-bond donors (Lipinski definition) is 0. The molecule has 2 aliphatic heterocycles. The van der Waals surface area contributed by atoms with Crippen LogP contribution in [0.1, 0.15) is 79.0 Å². The summed E-state index contributed by atoms with van der Waals surface area (Å²) in [6.07, 6.45) is 0. The Bertz CT molecular complexity index is 3270. The number of nitrogens with zero attached hydrogens (tertiary/aromatic N) is 2. The van der Waals surface area contributed by atoms with Crippen molar-refractivity contribution >= 4 is 68.1 Å². The van der Waals surface area contributed by atoms with Gasteiger partial charge >= 0.3 is 6.85 Å². The fourth-order valence-corrected chi connectivity index (χ4v) is 10.1. The maximum Gasteiger partial charge on any atom is 0.333 e. The van der Waals surface area contributed by atoms with Gasteiger partial charge in [-0.25, -0.2) is 0 Å². The highest BCUT2D eigenvalue weighted by molar-refractivity contribution is 6.93. The Hall–Kier alpha value is -6.78. The molecule has 0 saturated heterocycles. The molecule has 3 nitrogen and oxygen atoms in total. The first-order chi connectivity index (χ1) is 30.6. The molecule has 4 heteroatoms. The van der Waals surface area contributed by atoms with Crippen molar-refractivity contribution in [1.82, 2.24) is 0 Å². The van der Waals surface area contributed by atoms with Crippen LogP contribution in [0.5, 0.6) is 0 Å². The van der Waals surface area contributed by atoms with Crippen molar-refractivity contribution in [3.8, 4) is 33.4 Å². The van der Waals surface area contributed by atoms with Crippen LogP contribution in [0.2, 0.25) is 0 Å². The summed E-state index contributed by atoms with van der Waals surface area (Å²) >= 11 is 0. The molecule has 9 aromatic rings. The Kier molecular flexibility index (Phi) is 8.99. The van der Waals surface area contributed by atoms with Crippen molar-refractivity contribution in [2.45, 2.75) is 78.6 Å². The minimum atomic E-state index is -0.145. The zero-order valence-electron chi connectivity index (χ0n) is 38.5. The lowest BCUT2D eigenvalue weighted by atomic mass is 9.43. The summed E-state index contributed by atoms with van der Waals surface area (Å²) in [6, 6.07) is 63.7. The number of benzene rings is 8. The Labute approximate surface area is 379 Å². The Balaban J connectivity index is 1.29. The fourth-order valence-electron chi connectivity index (χ4n) is 10.1. The van der Waals surface area contributed by atoms with Gasteiger partial charge in [-0.2, -0.15) is 0 Å². The number of hydrogen-bond acceptors (Lipinski definition) is 3. The van der Waals surface area contributed by atoms with E-state index in [1.165, 1.54) is 78.1 Å². The van der Waals surface area contributed by atoms with E-state index in [1.54, 1.807) is 0 Å². The van der Waals surface area contributed by atoms with E-state index < -0.39 is 0 Å². The van der Waals surface area contributed by atoms with Crippen LogP contribution in [0.3, 0.4) is 0 Å². The average Bonchev–Trinajstić information content (AvgIpc) is 3.65. The highest BCUT2D eigenvalue weighted by Gasteiger charge is 2.46. The molecule has 2 aliphatic rings. The van der Waals surface area contributed by atoms with Gasteiger partial charge in [0.1, 0.15) is 11.2 Å². The molecule has 0 amide bonds. The van der Waals surface area contributed by atoms with E-state index in [4.69, 9.17) is 4.42 Å². The lowest BCUT2D eigenvalue weighted by Crippen LogP contribution is -2.61. The third-order valence-electron chi connectivity index (χ3n) is 13.7. The molecule has 0 spiro atoms. The molecular formula is C60H55BN2O. The van der Waals surface area contributed by atoms with E-state index in [2.05, 4.69) is 242 Å². The van der Waals surface area contributed by atoms with Crippen LogP contribution >= 0.6 is 0 Å². The van der Waals surface area contributed by atoms with Crippen LogP contribution in [0, 0.1) is 0 Å². The molecule has 0 bridgehead atoms. The Morgan fingerprint density at radius 1 is 0.391 bits per heavy atom. The number of fused-ring (bicyclic) bond motifs is 7. The Morgan fingerprint density at radius 3 is 1.69 bits per heavy atom. The van der Waals surface area contributed by atoms with Crippen molar-refractivity contribution in [3.05, 3.63) is 187 Å². The average molecular weight is 831 g/mol. The second-order valence-electron chi connectivity index (χ2n) is 21.1. The molecular weight excluding hydrogens is 775 g/mol. The fraction of sp³-hybridized carbons (Fsp3) is 0.200. The van der Waals surface area contributed by atoms with Crippen LogP contribution in [-0.2, 0) is 16.2 Å². The van der Waals surface area contributed by atoms with E-state index in [0.717, 1.165) is 33.3 Å². The highest BCUT2D eigenvalue weighted by atomic mass is 16.3. The van der Waals surface area contributed by atoms with Gasteiger partial charge in [0.15, 0.2) is 0 Å². The minimum Gasteiger partial charge on any atom is -0.456 e. The van der Waals surface area contributed by atoms with Crippen molar-refractivity contribution in [1.29, 1.82) is 0 Å². The SMILES string of the molecule is CC(C)(C)c1ccc(N2B3c4cc5c(cc4N(c4ccc(C(C)(C)C)cc4-c4ccccc4)c4cc(C(C)(C)C)cc(c43)-c3cc(-c4ccccc4)ccc32)oc2ccccc25)cc1. The predicted octanol–water partition coefficient (Wildman–Crippen LogP) is 15.5. The molecule has 0 atom stereocenters. The van der Waals surface area contributed by atoms with Crippen LogP contribution in [0.15, 0.2) is 174 Å². The second-order valence-corrected chi connectivity index (χ2v) is 21.1. The molecule has 8 aromatic carbocycles. The predicted molar refractivity (Wildman–Crippen MR) is 274 cm³/mol. The largest absolute Gasteiger partial charge is 0.456 e. The molecule has 0 unspecified atom stereocenters. The topological polar surface area (TPSA) is 19.6 Å². The molecule has 64 heavy (non-hydrogen) atoms. The number of rotatable bonds is 4. The minimum absolute atomic E-state index is 0.0247. The molecule has 0 fully saturated rings. The molecule has 11 rings (SSSR count). The van der Waals surface area contributed by atoms with E-state index in [0.29, 0.717) is 0 Å². The van der Waals surface area contributed by atoms with E-state index in [1.807, 2.05) is 0 Å². The molecule has 1 aromatic heterocycles. The van der Waals surface area contributed by atoms with Gasteiger partial charge in [0.05, 0.1) is 5.69 Å². The first-order valence-corrected chi connectivity index (χ1v) is 22.9. The number of para-hydroxylation sites is 1. The van der Waals surface area contributed by atoms with Crippen LogP contribution < -0.4 is 20.6 Å². The van der Waals surface area contributed by atoms with Gasteiger partial charge in [0.25, 0.3) is 0 Å². The summed E-state index contributed by atoms with van der Waals surface area (Å²) in [4.78, 5) is 5.21. The quantitative estimate of drug-likeness (QED) is 0.165. The molecule has 0 N–H and O–H groups in total. The highest BCUT2D eigenvalue weighted by Crippen LogP contribution is 2.51. The normalized spacial score (nSPS) is 13.6. The van der Waals surface area contributed by atoms with Gasteiger partial charge in [-0.3, -0.25) is 0 Å². The van der Waals surface area contributed by atoms with Gasteiger partial charge in [-0.15, -0.1) is 0 Å². The third-order valence-corrected chi connectivity index (χ3v) is 13.7. The lowest BCUT2D eigenvalue weighted by molar-refractivity contribution is 0.590. The van der Waals surface area contributed by atoms with Crippen LogP contribution in [-0.4, -0.2) is 6.85 Å². The van der Waals surface area contributed by atoms with Crippen LogP contribution in [0.4, 0.5) is 28.4 Å². The Morgan fingerprint density at radius 2 is 1.00 bits per heavy atom. The maximum atomic E-state index is 6.78. The first kappa shape index (κ1) is 40.0. The summed E-state index contributed by atoms with van der Waals surface area (Å²) in [7, 11) is 0. The summed E-state index contributed by atoms with van der Waals surface area (Å²) < 4.78 is 6.78. The lowest BCUT2D eigenvalue weighted by Gasteiger charge is -2.47. The van der Waals surface area contributed by atoms with E-state index in [-0.39, 0.29) is 23.1 Å². The van der Waals surface area contributed by atoms with Gasteiger partial charge in [-0.05, 0) is 115 Å². The smallest absolute Gasteiger partial charge is 0.333 e. The van der Waals surface area contributed by atoms with Crippen molar-refractivity contribution in [3.63, 3.8) is 0 Å². The standard InChI is InChI=1S/C60H55BN2O/c1-58(2,3)41-25-28-44(29-26-41)63-52-30-24-40(38-18-12-10-13-19-38)32-47(52)49-34-43(60(7,8)9)35-54-57(49)61(63)50-36-48-45-22-16-17-23-55(45)64-56(48)37-53(50)62(54)51-31-27-42(59(4,5)6)33-46(51)39-20-14-11-15-21-39/h10-37H,1-9H3. The summed E-state index contributed by atoms with van der Waals surface area (Å²) in [6.45, 7) is 20.7.